The average molecular weight is 344 g/mol. The number of hydrogen-bond donors (Lipinski definition) is 1. The molecule has 6 nitrogen and oxygen atoms in total. The van der Waals surface area contributed by atoms with E-state index in [-0.39, 0.29) is 11.4 Å². The van der Waals surface area contributed by atoms with Gasteiger partial charge in [0.2, 0.25) is 5.43 Å². The maximum Gasteiger partial charge on any atom is 0.275 e. The second-order valence-electron chi connectivity index (χ2n) is 6.17. The second-order valence-corrected chi connectivity index (χ2v) is 6.17. The zero-order chi connectivity index (χ0) is 17.8. The van der Waals surface area contributed by atoms with Crippen molar-refractivity contribution in [3.05, 3.63) is 57.8 Å². The molecule has 7 heteroatoms. The van der Waals surface area contributed by atoms with Crippen LogP contribution in [0.3, 0.4) is 0 Å². The van der Waals surface area contributed by atoms with Gasteiger partial charge in [0.1, 0.15) is 11.5 Å². The van der Waals surface area contributed by atoms with Crippen molar-refractivity contribution in [2.45, 2.75) is 19.8 Å². The monoisotopic (exact) mass is 344 g/mol. The van der Waals surface area contributed by atoms with Crippen LogP contribution in [0, 0.1) is 12.7 Å². The summed E-state index contributed by atoms with van der Waals surface area (Å²) in [5, 5.41) is 6.82. The molecular formula is C18H21FN4O2. The van der Waals surface area contributed by atoms with E-state index in [0.29, 0.717) is 12.2 Å². The van der Waals surface area contributed by atoms with Gasteiger partial charge < -0.3 is 10.2 Å². The third kappa shape index (κ3) is 3.93. The smallest absolute Gasteiger partial charge is 0.275 e. The standard InChI is InChI=1S/C18H21FN4O2/c1-13-12-16(24)17(18(25)20-8-11-22-9-4-5-10-22)21-23(13)15-7-3-2-6-14(15)19/h2-3,6-7,12H,4-5,8-11H2,1H3,(H,20,25). The Balaban J connectivity index is 1.79. The molecule has 1 fully saturated rings. The third-order valence-electron chi connectivity index (χ3n) is 4.32. The number of benzene rings is 1. The topological polar surface area (TPSA) is 67.2 Å². The highest BCUT2D eigenvalue weighted by Crippen LogP contribution is 2.13. The summed E-state index contributed by atoms with van der Waals surface area (Å²) < 4.78 is 15.3. The molecule has 2 aromatic rings. The molecule has 25 heavy (non-hydrogen) atoms. The Kier molecular flexibility index (Phi) is 5.23. The fraction of sp³-hybridized carbons (Fsp3) is 0.389. The van der Waals surface area contributed by atoms with Gasteiger partial charge in [-0.1, -0.05) is 12.1 Å². The summed E-state index contributed by atoms with van der Waals surface area (Å²) in [6.07, 6.45) is 2.36. The molecule has 132 valence electrons. The molecule has 0 spiro atoms. The van der Waals surface area contributed by atoms with E-state index in [1.165, 1.54) is 29.7 Å². The predicted molar refractivity (Wildman–Crippen MR) is 92.5 cm³/mol. The Morgan fingerprint density at radius 2 is 2.00 bits per heavy atom. The van der Waals surface area contributed by atoms with Crippen molar-refractivity contribution in [3.63, 3.8) is 0 Å². The minimum absolute atomic E-state index is 0.200. The lowest BCUT2D eigenvalue weighted by atomic mass is 10.2. The molecule has 0 saturated carbocycles. The average Bonchev–Trinajstić information content (AvgIpc) is 3.09. The highest BCUT2D eigenvalue weighted by Gasteiger charge is 2.17. The van der Waals surface area contributed by atoms with Gasteiger partial charge in [0.15, 0.2) is 5.69 Å². The Labute approximate surface area is 145 Å². The summed E-state index contributed by atoms with van der Waals surface area (Å²) >= 11 is 0. The molecule has 1 N–H and O–H groups in total. The number of halogens is 1. The van der Waals surface area contributed by atoms with Crippen molar-refractivity contribution in [1.29, 1.82) is 0 Å². The van der Waals surface area contributed by atoms with Crippen molar-refractivity contribution in [1.82, 2.24) is 20.0 Å². The lowest BCUT2D eigenvalue weighted by Gasteiger charge is -2.15. The van der Waals surface area contributed by atoms with Crippen LogP contribution < -0.4 is 10.7 Å². The van der Waals surface area contributed by atoms with Gasteiger partial charge in [-0.05, 0) is 45.0 Å². The van der Waals surface area contributed by atoms with Gasteiger partial charge in [-0.3, -0.25) is 9.59 Å². The molecule has 1 aliphatic rings. The number of para-hydroxylation sites is 1. The molecule has 2 heterocycles. The Hall–Kier alpha value is -2.54. The van der Waals surface area contributed by atoms with Gasteiger partial charge in [0, 0.05) is 24.8 Å². The zero-order valence-electron chi connectivity index (χ0n) is 14.2. The zero-order valence-corrected chi connectivity index (χ0v) is 14.2. The molecule has 0 atom stereocenters. The second kappa shape index (κ2) is 7.57. The van der Waals surface area contributed by atoms with E-state index in [0.717, 1.165) is 19.6 Å². The van der Waals surface area contributed by atoms with E-state index in [2.05, 4.69) is 15.3 Å². The van der Waals surface area contributed by atoms with Crippen LogP contribution in [0.5, 0.6) is 0 Å². The predicted octanol–water partition coefficient (Wildman–Crippen LogP) is 1.51. The molecule has 1 aliphatic heterocycles. The molecule has 3 rings (SSSR count). The SMILES string of the molecule is Cc1cc(=O)c(C(=O)NCCN2CCCC2)nn1-c1ccccc1F. The van der Waals surface area contributed by atoms with Crippen LogP contribution in [-0.2, 0) is 0 Å². The number of likely N-dealkylation sites (tertiary alicyclic amines) is 1. The lowest BCUT2D eigenvalue weighted by molar-refractivity contribution is 0.0941. The van der Waals surface area contributed by atoms with Crippen LogP contribution in [0.15, 0.2) is 35.1 Å². The summed E-state index contributed by atoms with van der Waals surface area (Å²) in [5.74, 6) is -1.00. The normalized spacial score (nSPS) is 14.6. The first-order valence-electron chi connectivity index (χ1n) is 8.42. The number of hydrogen-bond acceptors (Lipinski definition) is 4. The number of rotatable bonds is 5. The number of aromatic nitrogens is 2. The van der Waals surface area contributed by atoms with E-state index >= 15 is 0 Å². The number of nitrogens with one attached hydrogen (secondary N) is 1. The van der Waals surface area contributed by atoms with Gasteiger partial charge in [0.05, 0.1) is 0 Å². The van der Waals surface area contributed by atoms with E-state index < -0.39 is 17.2 Å². The van der Waals surface area contributed by atoms with Gasteiger partial charge >= 0.3 is 0 Å². The summed E-state index contributed by atoms with van der Waals surface area (Å²) in [4.78, 5) is 26.7. The fourth-order valence-electron chi connectivity index (χ4n) is 2.99. The number of amides is 1. The van der Waals surface area contributed by atoms with Crippen LogP contribution in [-0.4, -0.2) is 46.8 Å². The van der Waals surface area contributed by atoms with Gasteiger partial charge in [-0.2, -0.15) is 5.10 Å². The molecule has 1 saturated heterocycles. The Morgan fingerprint density at radius 3 is 2.72 bits per heavy atom. The van der Waals surface area contributed by atoms with Gasteiger partial charge in [-0.25, -0.2) is 9.07 Å². The van der Waals surface area contributed by atoms with Crippen LogP contribution in [0.1, 0.15) is 29.0 Å². The van der Waals surface area contributed by atoms with Gasteiger partial charge in [0.25, 0.3) is 5.91 Å². The molecule has 0 bridgehead atoms. The third-order valence-corrected chi connectivity index (χ3v) is 4.32. The summed E-state index contributed by atoms with van der Waals surface area (Å²) in [7, 11) is 0. The van der Waals surface area contributed by atoms with E-state index in [1.807, 2.05) is 0 Å². The number of carbonyl (C=O) groups is 1. The first-order valence-corrected chi connectivity index (χ1v) is 8.42. The van der Waals surface area contributed by atoms with Crippen LogP contribution in [0.25, 0.3) is 5.69 Å². The quantitative estimate of drug-likeness (QED) is 0.893. The van der Waals surface area contributed by atoms with Crippen molar-refractivity contribution in [2.75, 3.05) is 26.2 Å². The minimum Gasteiger partial charge on any atom is -0.349 e. The minimum atomic E-state index is -0.533. The van der Waals surface area contributed by atoms with E-state index in [9.17, 15) is 14.0 Å². The highest BCUT2D eigenvalue weighted by atomic mass is 19.1. The maximum absolute atomic E-state index is 14.0. The Morgan fingerprint density at radius 1 is 1.28 bits per heavy atom. The van der Waals surface area contributed by atoms with Crippen LogP contribution >= 0.6 is 0 Å². The van der Waals surface area contributed by atoms with Crippen molar-refractivity contribution in [3.8, 4) is 5.69 Å². The molecule has 1 amide bonds. The molecule has 0 unspecified atom stereocenters. The molecule has 1 aromatic carbocycles. The van der Waals surface area contributed by atoms with Crippen molar-refractivity contribution < 1.29 is 9.18 Å². The lowest BCUT2D eigenvalue weighted by Crippen LogP contribution is -2.37. The molecule has 1 aromatic heterocycles. The van der Waals surface area contributed by atoms with E-state index in [1.54, 1.807) is 25.1 Å². The largest absolute Gasteiger partial charge is 0.349 e. The summed E-state index contributed by atoms with van der Waals surface area (Å²) in [6.45, 7) is 4.93. The number of nitrogens with zero attached hydrogens (tertiary/aromatic N) is 3. The highest BCUT2D eigenvalue weighted by molar-refractivity contribution is 5.92. The summed E-state index contributed by atoms with van der Waals surface area (Å²) in [5.41, 5.74) is -0.0335. The first-order chi connectivity index (χ1) is 12.1. The van der Waals surface area contributed by atoms with Gasteiger partial charge in [-0.15, -0.1) is 0 Å². The number of aryl methyl sites for hydroxylation is 1. The summed E-state index contributed by atoms with van der Waals surface area (Å²) in [6, 6.07) is 7.41. The van der Waals surface area contributed by atoms with Crippen LogP contribution in [0.2, 0.25) is 0 Å². The molecule has 0 radical (unpaired) electrons. The molecule has 0 aliphatic carbocycles. The van der Waals surface area contributed by atoms with Crippen LogP contribution in [0.4, 0.5) is 4.39 Å². The fourth-order valence-corrected chi connectivity index (χ4v) is 2.99. The first kappa shape index (κ1) is 17.3. The Bertz CT molecular complexity index is 828. The maximum atomic E-state index is 14.0. The van der Waals surface area contributed by atoms with Crippen molar-refractivity contribution in [2.24, 2.45) is 0 Å². The number of carbonyl (C=O) groups excluding carboxylic acids is 1. The van der Waals surface area contributed by atoms with E-state index in [4.69, 9.17) is 0 Å². The molecular weight excluding hydrogens is 323 g/mol. The van der Waals surface area contributed by atoms with Crippen molar-refractivity contribution >= 4 is 5.91 Å².